The summed E-state index contributed by atoms with van der Waals surface area (Å²) in [5.41, 5.74) is 2.61. The van der Waals surface area contributed by atoms with Crippen LogP contribution < -0.4 is 5.32 Å². The SMILES string of the molecule is Cc1ccc(CCC(=O)NCCOC(=O)c2ccc(F)cc2I)cc1. The van der Waals surface area contributed by atoms with Gasteiger partial charge in [0.1, 0.15) is 12.4 Å². The molecule has 0 aromatic heterocycles. The summed E-state index contributed by atoms with van der Waals surface area (Å²) in [5, 5.41) is 2.72. The topological polar surface area (TPSA) is 55.4 Å². The number of halogens is 2. The summed E-state index contributed by atoms with van der Waals surface area (Å²) in [4.78, 5) is 23.7. The van der Waals surface area contributed by atoms with Gasteiger partial charge in [-0.1, -0.05) is 29.8 Å². The monoisotopic (exact) mass is 455 g/mol. The Morgan fingerprint density at radius 3 is 2.56 bits per heavy atom. The van der Waals surface area contributed by atoms with E-state index < -0.39 is 11.8 Å². The summed E-state index contributed by atoms with van der Waals surface area (Å²) in [6.07, 6.45) is 1.05. The predicted molar refractivity (Wildman–Crippen MR) is 102 cm³/mol. The fourth-order valence-corrected chi connectivity index (χ4v) is 2.87. The number of hydrogen-bond donors (Lipinski definition) is 1. The Kier molecular flexibility index (Phi) is 7.36. The van der Waals surface area contributed by atoms with Crippen LogP contribution in [0.25, 0.3) is 0 Å². The summed E-state index contributed by atoms with van der Waals surface area (Å²) >= 11 is 1.88. The van der Waals surface area contributed by atoms with Crippen molar-refractivity contribution in [3.8, 4) is 0 Å². The van der Waals surface area contributed by atoms with E-state index in [9.17, 15) is 14.0 Å². The zero-order chi connectivity index (χ0) is 18.2. The minimum Gasteiger partial charge on any atom is -0.460 e. The van der Waals surface area contributed by atoms with E-state index >= 15 is 0 Å². The molecule has 1 N–H and O–H groups in total. The smallest absolute Gasteiger partial charge is 0.339 e. The van der Waals surface area contributed by atoms with Crippen molar-refractivity contribution in [1.29, 1.82) is 0 Å². The number of nitrogens with one attached hydrogen (secondary N) is 1. The molecular formula is C19H19FINO3. The van der Waals surface area contributed by atoms with E-state index in [1.807, 2.05) is 53.8 Å². The number of carbonyl (C=O) groups excluding carboxylic acids is 2. The van der Waals surface area contributed by atoms with Crippen LogP contribution in [0.15, 0.2) is 42.5 Å². The van der Waals surface area contributed by atoms with Crippen molar-refractivity contribution < 1.29 is 18.7 Å². The molecule has 1 amide bonds. The summed E-state index contributed by atoms with van der Waals surface area (Å²) in [6.45, 7) is 2.34. The first-order valence-electron chi connectivity index (χ1n) is 7.90. The lowest BCUT2D eigenvalue weighted by molar-refractivity contribution is -0.121. The third-order valence-corrected chi connectivity index (χ3v) is 4.46. The lowest BCUT2D eigenvalue weighted by Gasteiger charge is -2.08. The van der Waals surface area contributed by atoms with E-state index in [-0.39, 0.29) is 19.1 Å². The Labute approximate surface area is 159 Å². The highest BCUT2D eigenvalue weighted by Gasteiger charge is 2.12. The Morgan fingerprint density at radius 1 is 1.16 bits per heavy atom. The largest absolute Gasteiger partial charge is 0.460 e. The van der Waals surface area contributed by atoms with Gasteiger partial charge >= 0.3 is 5.97 Å². The predicted octanol–water partition coefficient (Wildman–Crippen LogP) is 3.64. The summed E-state index contributed by atoms with van der Waals surface area (Å²) in [6, 6.07) is 11.9. The molecule has 0 fully saturated rings. The lowest BCUT2D eigenvalue weighted by atomic mass is 10.1. The first-order chi connectivity index (χ1) is 12.0. The lowest BCUT2D eigenvalue weighted by Crippen LogP contribution is -2.28. The number of rotatable bonds is 7. The summed E-state index contributed by atoms with van der Waals surface area (Å²) in [5.74, 6) is -1.02. The Morgan fingerprint density at radius 2 is 1.88 bits per heavy atom. The molecule has 0 unspecified atom stereocenters. The molecule has 0 heterocycles. The number of carbonyl (C=O) groups is 2. The zero-order valence-electron chi connectivity index (χ0n) is 13.9. The van der Waals surface area contributed by atoms with Crippen LogP contribution in [0.1, 0.15) is 27.9 Å². The maximum atomic E-state index is 13.0. The number of aryl methyl sites for hydroxylation is 2. The van der Waals surface area contributed by atoms with Crippen molar-refractivity contribution >= 4 is 34.5 Å². The fraction of sp³-hybridized carbons (Fsp3) is 0.263. The van der Waals surface area contributed by atoms with E-state index in [1.54, 1.807) is 0 Å². The van der Waals surface area contributed by atoms with E-state index in [4.69, 9.17) is 4.74 Å². The van der Waals surface area contributed by atoms with E-state index in [0.717, 1.165) is 5.56 Å². The molecule has 6 heteroatoms. The average Bonchev–Trinajstić information content (AvgIpc) is 2.58. The van der Waals surface area contributed by atoms with Gasteiger partial charge in [-0.2, -0.15) is 0 Å². The fourth-order valence-electron chi connectivity index (χ4n) is 2.17. The van der Waals surface area contributed by atoms with E-state index in [2.05, 4.69) is 5.32 Å². The van der Waals surface area contributed by atoms with Gasteiger partial charge in [-0.05, 0) is 59.7 Å². The highest BCUT2D eigenvalue weighted by atomic mass is 127. The minimum absolute atomic E-state index is 0.0720. The van der Waals surface area contributed by atoms with Crippen LogP contribution in [0.4, 0.5) is 4.39 Å². The Hall–Kier alpha value is -1.96. The molecule has 0 bridgehead atoms. The molecular weight excluding hydrogens is 436 g/mol. The maximum absolute atomic E-state index is 13.0. The first kappa shape index (κ1) is 19.4. The first-order valence-corrected chi connectivity index (χ1v) is 8.98. The van der Waals surface area contributed by atoms with E-state index in [1.165, 1.54) is 23.8 Å². The molecule has 0 saturated heterocycles. The molecule has 2 rings (SSSR count). The molecule has 4 nitrogen and oxygen atoms in total. The number of ether oxygens (including phenoxy) is 1. The highest BCUT2D eigenvalue weighted by molar-refractivity contribution is 14.1. The molecule has 0 saturated carbocycles. The van der Waals surface area contributed by atoms with Crippen LogP contribution in [0.3, 0.4) is 0 Å². The minimum atomic E-state index is -0.529. The zero-order valence-corrected chi connectivity index (χ0v) is 16.0. The quantitative estimate of drug-likeness (QED) is 0.394. The number of esters is 1. The average molecular weight is 455 g/mol. The second-order valence-corrected chi connectivity index (χ2v) is 6.76. The molecule has 0 aliphatic rings. The van der Waals surface area contributed by atoms with Crippen LogP contribution in [0, 0.1) is 16.3 Å². The van der Waals surface area contributed by atoms with Gasteiger partial charge in [0.05, 0.1) is 12.1 Å². The summed E-state index contributed by atoms with van der Waals surface area (Å²) < 4.78 is 18.6. The van der Waals surface area contributed by atoms with Crippen molar-refractivity contribution in [2.75, 3.05) is 13.2 Å². The second-order valence-electron chi connectivity index (χ2n) is 5.60. The maximum Gasteiger partial charge on any atom is 0.339 e. The van der Waals surface area contributed by atoms with Gasteiger partial charge in [0.15, 0.2) is 0 Å². The number of amides is 1. The van der Waals surface area contributed by atoms with Gasteiger partial charge in [0, 0.05) is 9.99 Å². The van der Waals surface area contributed by atoms with Crippen molar-refractivity contribution in [1.82, 2.24) is 5.32 Å². The molecule has 0 radical (unpaired) electrons. The second kappa shape index (κ2) is 9.50. The van der Waals surface area contributed by atoms with Gasteiger partial charge in [-0.25, -0.2) is 9.18 Å². The van der Waals surface area contributed by atoms with Crippen molar-refractivity contribution in [2.24, 2.45) is 0 Å². The molecule has 0 spiro atoms. The standard InChI is InChI=1S/C19H19FINO3/c1-13-2-4-14(5-3-13)6-9-18(23)22-10-11-25-19(24)16-8-7-15(20)12-17(16)21/h2-5,7-8,12H,6,9-11H2,1H3,(H,22,23). The Bertz CT molecular complexity index is 747. The molecule has 0 aliphatic carbocycles. The molecule has 2 aromatic rings. The molecule has 2 aromatic carbocycles. The van der Waals surface area contributed by atoms with E-state index in [0.29, 0.717) is 22.0 Å². The van der Waals surface area contributed by atoms with Crippen LogP contribution in [0.5, 0.6) is 0 Å². The van der Waals surface area contributed by atoms with Crippen LogP contribution >= 0.6 is 22.6 Å². The highest BCUT2D eigenvalue weighted by Crippen LogP contribution is 2.14. The van der Waals surface area contributed by atoms with Gasteiger partial charge in [0.2, 0.25) is 5.91 Å². The van der Waals surface area contributed by atoms with Crippen molar-refractivity contribution in [3.05, 3.63) is 68.5 Å². The molecule has 0 atom stereocenters. The van der Waals surface area contributed by atoms with Gasteiger partial charge in [-0.3, -0.25) is 4.79 Å². The number of benzene rings is 2. The van der Waals surface area contributed by atoms with Gasteiger partial charge in [-0.15, -0.1) is 0 Å². The molecule has 25 heavy (non-hydrogen) atoms. The number of hydrogen-bond acceptors (Lipinski definition) is 3. The third-order valence-electron chi connectivity index (χ3n) is 3.57. The third kappa shape index (κ3) is 6.45. The van der Waals surface area contributed by atoms with Gasteiger partial charge in [0.25, 0.3) is 0 Å². The van der Waals surface area contributed by atoms with Gasteiger partial charge < -0.3 is 10.1 Å². The molecule has 132 valence electrons. The van der Waals surface area contributed by atoms with Crippen LogP contribution in [-0.2, 0) is 16.0 Å². The molecule has 0 aliphatic heterocycles. The van der Waals surface area contributed by atoms with Crippen LogP contribution in [-0.4, -0.2) is 25.0 Å². The van der Waals surface area contributed by atoms with Crippen LogP contribution in [0.2, 0.25) is 0 Å². The summed E-state index contributed by atoms with van der Waals surface area (Å²) in [7, 11) is 0. The normalized spacial score (nSPS) is 10.4. The van der Waals surface area contributed by atoms with Crippen molar-refractivity contribution in [3.63, 3.8) is 0 Å². The van der Waals surface area contributed by atoms with Crippen molar-refractivity contribution in [2.45, 2.75) is 19.8 Å². The Balaban J connectivity index is 1.67.